The van der Waals surface area contributed by atoms with Crippen LogP contribution < -0.4 is 0 Å². The molecule has 0 amide bonds. The molecular formula is C13H16O4. The molecule has 0 atom stereocenters. The van der Waals surface area contributed by atoms with Gasteiger partial charge in [0.05, 0.1) is 14.2 Å². The first-order valence-electron chi connectivity index (χ1n) is 5.29. The van der Waals surface area contributed by atoms with Gasteiger partial charge in [0.1, 0.15) is 0 Å². The number of benzene rings is 1. The van der Waals surface area contributed by atoms with Crippen LogP contribution in [0.5, 0.6) is 0 Å². The molecule has 0 radical (unpaired) electrons. The predicted molar refractivity (Wildman–Crippen MR) is 62.4 cm³/mol. The maximum absolute atomic E-state index is 11.5. The van der Waals surface area contributed by atoms with Gasteiger partial charge in [0, 0.05) is 0 Å². The Labute approximate surface area is 101 Å². The molecule has 1 aromatic carbocycles. The SMILES string of the molecule is COC(=O)C(Cc1ccc(C)cc1)C(=O)OC. The predicted octanol–water partition coefficient (Wildman–Crippen LogP) is 1.50. The molecule has 92 valence electrons. The van der Waals surface area contributed by atoms with E-state index in [1.54, 1.807) is 0 Å². The summed E-state index contributed by atoms with van der Waals surface area (Å²) in [6.45, 7) is 1.97. The van der Waals surface area contributed by atoms with Gasteiger partial charge in [-0.2, -0.15) is 0 Å². The Balaban J connectivity index is 2.82. The highest BCUT2D eigenvalue weighted by Gasteiger charge is 2.28. The minimum Gasteiger partial charge on any atom is -0.468 e. The number of esters is 2. The fourth-order valence-electron chi connectivity index (χ4n) is 1.51. The summed E-state index contributed by atoms with van der Waals surface area (Å²) < 4.78 is 9.18. The van der Waals surface area contributed by atoms with Crippen LogP contribution in [-0.4, -0.2) is 26.2 Å². The quantitative estimate of drug-likeness (QED) is 0.587. The van der Waals surface area contributed by atoms with Gasteiger partial charge in [0.25, 0.3) is 0 Å². The van der Waals surface area contributed by atoms with Gasteiger partial charge in [-0.3, -0.25) is 9.59 Å². The summed E-state index contributed by atoms with van der Waals surface area (Å²) in [7, 11) is 2.51. The zero-order valence-corrected chi connectivity index (χ0v) is 10.2. The molecule has 0 spiro atoms. The second-order valence-electron chi connectivity index (χ2n) is 3.79. The van der Waals surface area contributed by atoms with Crippen LogP contribution in [0.25, 0.3) is 0 Å². The summed E-state index contributed by atoms with van der Waals surface area (Å²) in [6.07, 6.45) is 0.291. The molecule has 0 aliphatic heterocycles. The lowest BCUT2D eigenvalue weighted by Crippen LogP contribution is -2.28. The third-order valence-electron chi connectivity index (χ3n) is 2.53. The summed E-state index contributed by atoms with van der Waals surface area (Å²) in [5, 5.41) is 0. The number of ether oxygens (including phenoxy) is 2. The molecular weight excluding hydrogens is 220 g/mol. The van der Waals surface area contributed by atoms with E-state index in [1.807, 2.05) is 31.2 Å². The van der Waals surface area contributed by atoms with E-state index < -0.39 is 17.9 Å². The van der Waals surface area contributed by atoms with Crippen LogP contribution >= 0.6 is 0 Å². The fourth-order valence-corrected chi connectivity index (χ4v) is 1.51. The van der Waals surface area contributed by atoms with Crippen LogP contribution in [0.15, 0.2) is 24.3 Å². The summed E-state index contributed by atoms with van der Waals surface area (Å²) in [4.78, 5) is 22.9. The normalized spacial score (nSPS) is 10.1. The van der Waals surface area contributed by atoms with Gasteiger partial charge in [-0.25, -0.2) is 0 Å². The van der Waals surface area contributed by atoms with E-state index in [-0.39, 0.29) is 0 Å². The van der Waals surface area contributed by atoms with E-state index in [4.69, 9.17) is 0 Å². The minimum absolute atomic E-state index is 0.291. The lowest BCUT2D eigenvalue weighted by molar-refractivity contribution is -0.158. The van der Waals surface area contributed by atoms with Crippen molar-refractivity contribution in [2.45, 2.75) is 13.3 Å². The smallest absolute Gasteiger partial charge is 0.320 e. The van der Waals surface area contributed by atoms with Gasteiger partial charge >= 0.3 is 11.9 Å². The molecule has 0 N–H and O–H groups in total. The van der Waals surface area contributed by atoms with Crippen molar-refractivity contribution in [2.75, 3.05) is 14.2 Å². The van der Waals surface area contributed by atoms with Crippen LogP contribution in [0, 0.1) is 12.8 Å². The summed E-state index contributed by atoms with van der Waals surface area (Å²) >= 11 is 0. The Hall–Kier alpha value is -1.84. The second-order valence-corrected chi connectivity index (χ2v) is 3.79. The molecule has 0 bridgehead atoms. The third kappa shape index (κ3) is 3.59. The molecule has 1 rings (SSSR count). The van der Waals surface area contributed by atoms with Gasteiger partial charge in [-0.05, 0) is 18.9 Å². The maximum atomic E-state index is 11.5. The van der Waals surface area contributed by atoms with Crippen LogP contribution in [0.3, 0.4) is 0 Å². The molecule has 0 aromatic heterocycles. The number of methoxy groups -OCH3 is 2. The highest BCUT2D eigenvalue weighted by Crippen LogP contribution is 2.13. The van der Waals surface area contributed by atoms with Crippen LogP contribution in [0.4, 0.5) is 0 Å². The van der Waals surface area contributed by atoms with Crippen molar-refractivity contribution in [3.8, 4) is 0 Å². The lowest BCUT2D eigenvalue weighted by atomic mass is 9.99. The van der Waals surface area contributed by atoms with Crippen molar-refractivity contribution in [1.29, 1.82) is 0 Å². The van der Waals surface area contributed by atoms with E-state index in [0.29, 0.717) is 6.42 Å². The van der Waals surface area contributed by atoms with Crippen molar-refractivity contribution >= 4 is 11.9 Å². The van der Waals surface area contributed by atoms with Crippen molar-refractivity contribution in [3.63, 3.8) is 0 Å². The number of carbonyl (C=O) groups is 2. The second kappa shape index (κ2) is 6.03. The molecule has 0 saturated carbocycles. The summed E-state index contributed by atoms with van der Waals surface area (Å²) in [6, 6.07) is 7.63. The van der Waals surface area contributed by atoms with Gasteiger partial charge in [-0.1, -0.05) is 29.8 Å². The Kier molecular flexibility index (Phi) is 4.69. The molecule has 4 heteroatoms. The Bertz CT molecular complexity index is 378. The number of hydrogen-bond donors (Lipinski definition) is 0. The zero-order valence-electron chi connectivity index (χ0n) is 10.2. The highest BCUT2D eigenvalue weighted by molar-refractivity contribution is 5.95. The average Bonchev–Trinajstić information content (AvgIpc) is 2.36. The van der Waals surface area contributed by atoms with Gasteiger partial charge < -0.3 is 9.47 Å². The standard InChI is InChI=1S/C13H16O4/c1-9-4-6-10(7-5-9)8-11(12(14)16-2)13(15)17-3/h4-7,11H,8H2,1-3H3. The van der Waals surface area contributed by atoms with Crippen LogP contribution in [0.1, 0.15) is 11.1 Å². The monoisotopic (exact) mass is 236 g/mol. The summed E-state index contributed by atoms with van der Waals surface area (Å²) in [5.41, 5.74) is 2.03. The Morgan fingerprint density at radius 2 is 1.53 bits per heavy atom. The average molecular weight is 236 g/mol. The van der Waals surface area contributed by atoms with Gasteiger partial charge in [0.15, 0.2) is 5.92 Å². The van der Waals surface area contributed by atoms with Crippen molar-refractivity contribution < 1.29 is 19.1 Å². The zero-order chi connectivity index (χ0) is 12.8. The lowest BCUT2D eigenvalue weighted by Gasteiger charge is -2.12. The Morgan fingerprint density at radius 3 is 1.94 bits per heavy atom. The molecule has 0 fully saturated rings. The van der Waals surface area contributed by atoms with E-state index in [9.17, 15) is 9.59 Å². The molecule has 17 heavy (non-hydrogen) atoms. The van der Waals surface area contributed by atoms with Crippen LogP contribution in [0.2, 0.25) is 0 Å². The number of hydrogen-bond acceptors (Lipinski definition) is 4. The van der Waals surface area contributed by atoms with Crippen molar-refractivity contribution in [1.82, 2.24) is 0 Å². The van der Waals surface area contributed by atoms with Gasteiger partial charge in [0.2, 0.25) is 0 Å². The number of carbonyl (C=O) groups excluding carboxylic acids is 2. The van der Waals surface area contributed by atoms with E-state index in [1.165, 1.54) is 14.2 Å². The van der Waals surface area contributed by atoms with E-state index in [0.717, 1.165) is 11.1 Å². The van der Waals surface area contributed by atoms with E-state index >= 15 is 0 Å². The minimum atomic E-state index is -0.896. The highest BCUT2D eigenvalue weighted by atomic mass is 16.5. The molecule has 0 heterocycles. The molecule has 0 unspecified atom stereocenters. The van der Waals surface area contributed by atoms with Gasteiger partial charge in [-0.15, -0.1) is 0 Å². The first-order chi connectivity index (χ1) is 8.08. The largest absolute Gasteiger partial charge is 0.468 e. The van der Waals surface area contributed by atoms with Crippen molar-refractivity contribution in [2.24, 2.45) is 5.92 Å². The molecule has 0 aliphatic rings. The fraction of sp³-hybridized carbons (Fsp3) is 0.385. The first kappa shape index (κ1) is 13.2. The summed E-state index contributed by atoms with van der Waals surface area (Å²) in [5.74, 6) is -2.04. The van der Waals surface area contributed by atoms with Crippen molar-refractivity contribution in [3.05, 3.63) is 35.4 Å². The molecule has 4 nitrogen and oxygen atoms in total. The molecule has 0 aliphatic carbocycles. The third-order valence-corrected chi connectivity index (χ3v) is 2.53. The molecule has 1 aromatic rings. The van der Waals surface area contributed by atoms with E-state index in [2.05, 4.69) is 9.47 Å². The first-order valence-corrected chi connectivity index (χ1v) is 5.29. The topological polar surface area (TPSA) is 52.6 Å². The van der Waals surface area contributed by atoms with Crippen LogP contribution in [-0.2, 0) is 25.5 Å². The molecule has 0 saturated heterocycles. The maximum Gasteiger partial charge on any atom is 0.320 e. The number of rotatable bonds is 4. The number of aryl methyl sites for hydroxylation is 1. The Morgan fingerprint density at radius 1 is 1.06 bits per heavy atom.